The summed E-state index contributed by atoms with van der Waals surface area (Å²) in [4.78, 5) is 56.9. The van der Waals surface area contributed by atoms with Crippen molar-refractivity contribution >= 4 is 29.2 Å². The van der Waals surface area contributed by atoms with Crippen molar-refractivity contribution in [2.75, 3.05) is 32.1 Å². The van der Waals surface area contributed by atoms with Crippen LogP contribution in [0.4, 0.5) is 10.1 Å². The van der Waals surface area contributed by atoms with Crippen LogP contribution in [0.2, 0.25) is 5.02 Å². The molecule has 14 heteroatoms. The van der Waals surface area contributed by atoms with Crippen LogP contribution in [-0.2, 0) is 30.0 Å². The van der Waals surface area contributed by atoms with Crippen molar-refractivity contribution < 1.29 is 23.5 Å². The minimum absolute atomic E-state index is 0.0539. The molecule has 0 radical (unpaired) electrons. The predicted octanol–water partition coefficient (Wildman–Crippen LogP) is 4.05. The molecule has 1 N–H and O–H groups in total. The highest BCUT2D eigenvalue weighted by Crippen LogP contribution is 2.46. The van der Waals surface area contributed by atoms with Crippen molar-refractivity contribution in [3.05, 3.63) is 90.5 Å². The monoisotopic (exact) mass is 676 g/mol. The Labute approximate surface area is 280 Å². The molecule has 1 aliphatic heterocycles. The van der Waals surface area contributed by atoms with Gasteiger partial charge in [-0.2, -0.15) is 5.10 Å². The number of amides is 1. The second-order valence-electron chi connectivity index (χ2n) is 11.9. The van der Waals surface area contributed by atoms with Crippen LogP contribution in [0.15, 0.2) is 46.0 Å². The number of esters is 1. The van der Waals surface area contributed by atoms with Gasteiger partial charge in [0, 0.05) is 55.6 Å². The molecule has 2 aliphatic rings. The van der Waals surface area contributed by atoms with Gasteiger partial charge in [-0.3, -0.25) is 23.9 Å². The molecule has 2 aromatic carbocycles. The second-order valence-corrected chi connectivity index (χ2v) is 12.3. The third-order valence-corrected chi connectivity index (χ3v) is 9.44. The number of anilines is 1. The second kappa shape index (κ2) is 13.0. The summed E-state index contributed by atoms with van der Waals surface area (Å²) in [6.45, 7) is 5.07. The van der Waals surface area contributed by atoms with Crippen molar-refractivity contribution in [1.82, 2.24) is 24.2 Å². The van der Waals surface area contributed by atoms with Crippen LogP contribution < -0.4 is 21.3 Å². The maximum absolute atomic E-state index is 15.6. The first-order chi connectivity index (χ1) is 22.9. The molecule has 12 nitrogen and oxygen atoms in total. The van der Waals surface area contributed by atoms with E-state index in [9.17, 15) is 19.2 Å². The number of halogens is 2. The van der Waals surface area contributed by atoms with Crippen LogP contribution in [0, 0.1) is 18.7 Å². The molecule has 0 saturated carbocycles. The normalized spacial score (nSPS) is 15.9. The van der Waals surface area contributed by atoms with Crippen LogP contribution in [0.1, 0.15) is 46.6 Å². The Hall–Kier alpha value is -4.88. The molecule has 48 heavy (non-hydrogen) atoms. The number of aryl methyl sites for hydroxylation is 2. The van der Waals surface area contributed by atoms with Crippen LogP contribution in [-0.4, -0.2) is 62.9 Å². The van der Waals surface area contributed by atoms with E-state index in [-0.39, 0.29) is 28.5 Å². The molecule has 3 heterocycles. The van der Waals surface area contributed by atoms with E-state index in [0.717, 1.165) is 33.2 Å². The van der Waals surface area contributed by atoms with Gasteiger partial charge < -0.3 is 14.8 Å². The number of hydrogen-bond acceptors (Lipinski definition) is 9. The van der Waals surface area contributed by atoms with Gasteiger partial charge in [0.2, 0.25) is 11.6 Å². The van der Waals surface area contributed by atoms with Gasteiger partial charge in [0.05, 0.1) is 30.4 Å². The lowest BCUT2D eigenvalue weighted by Crippen LogP contribution is -2.51. The number of fused-ring (bicyclic) bond motifs is 1. The van der Waals surface area contributed by atoms with Gasteiger partial charge in [0.25, 0.3) is 11.5 Å². The van der Waals surface area contributed by atoms with Gasteiger partial charge in [0.15, 0.2) is 0 Å². The molecule has 1 amide bonds. The van der Waals surface area contributed by atoms with Gasteiger partial charge in [-0.25, -0.2) is 18.9 Å². The summed E-state index contributed by atoms with van der Waals surface area (Å²) in [7, 11) is 4.15. The Balaban J connectivity index is 1.32. The topological polar surface area (TPSA) is 138 Å². The predicted molar refractivity (Wildman–Crippen MR) is 177 cm³/mol. The standard InChI is InChI=1S/C34H34ClFN6O6/c1-6-48-33(45)19-15-42(16-19)25-13-10-18-14-24(38-31(47-5)26(18)25)21-11-12-22(36)27(28(21)35)20-8-7-9-23(17(20)2)37-30(43)29-32(44)40(3)34(46)41(4)39-29/h7-9,11-12,14,19,25H,6,10,13,15-16H2,1-5H3,(H,37,43). The molecule has 4 aromatic rings. The number of rotatable bonds is 8. The third kappa shape index (κ3) is 5.66. The van der Waals surface area contributed by atoms with Crippen LogP contribution in [0.5, 0.6) is 5.88 Å². The molecular formula is C34H34ClFN6O6. The van der Waals surface area contributed by atoms with E-state index >= 15 is 4.39 Å². The van der Waals surface area contributed by atoms with Crippen molar-refractivity contribution in [3.8, 4) is 28.3 Å². The Bertz CT molecular complexity index is 2090. The number of aromatic nitrogens is 4. The van der Waals surface area contributed by atoms with Crippen LogP contribution in [0.25, 0.3) is 22.4 Å². The molecular weight excluding hydrogens is 643 g/mol. The zero-order chi connectivity index (χ0) is 34.4. The van der Waals surface area contributed by atoms with Gasteiger partial charge >= 0.3 is 11.7 Å². The molecule has 1 atom stereocenters. The highest BCUT2D eigenvalue weighted by Gasteiger charge is 2.42. The zero-order valence-corrected chi connectivity index (χ0v) is 27.9. The maximum atomic E-state index is 15.6. The molecule has 250 valence electrons. The number of ether oxygens (including phenoxy) is 2. The number of pyridine rings is 1. The van der Waals surface area contributed by atoms with E-state index in [1.807, 2.05) is 6.07 Å². The number of carbonyl (C=O) groups excluding carboxylic acids is 2. The number of likely N-dealkylation sites (tertiary alicyclic amines) is 1. The average molecular weight is 677 g/mol. The Morgan fingerprint density at radius 3 is 2.58 bits per heavy atom. The third-order valence-electron chi connectivity index (χ3n) is 9.05. The van der Waals surface area contributed by atoms with Crippen molar-refractivity contribution in [3.63, 3.8) is 0 Å². The lowest BCUT2D eigenvalue weighted by atomic mass is 9.94. The highest BCUT2D eigenvalue weighted by atomic mass is 35.5. The maximum Gasteiger partial charge on any atom is 0.346 e. The van der Waals surface area contributed by atoms with Crippen molar-refractivity contribution in [2.24, 2.45) is 20.0 Å². The largest absolute Gasteiger partial charge is 0.481 e. The van der Waals surface area contributed by atoms with E-state index in [1.165, 1.54) is 20.2 Å². The summed E-state index contributed by atoms with van der Waals surface area (Å²) in [6.07, 6.45) is 1.61. The van der Waals surface area contributed by atoms with E-state index < -0.39 is 28.7 Å². The summed E-state index contributed by atoms with van der Waals surface area (Å²) < 4.78 is 28.2. The SMILES string of the molecule is CCOC(=O)C1CN(C2CCc3cc(-c4ccc(F)c(-c5cccc(NC(=O)c6nn(C)c(=O)n(C)c6=O)c5C)c4Cl)nc(OC)c32)C1. The molecule has 1 unspecified atom stereocenters. The summed E-state index contributed by atoms with van der Waals surface area (Å²) in [6, 6.07) is 9.82. The lowest BCUT2D eigenvalue weighted by Gasteiger charge is -2.42. The Kier molecular flexibility index (Phi) is 8.92. The first-order valence-corrected chi connectivity index (χ1v) is 15.8. The molecule has 0 bridgehead atoms. The summed E-state index contributed by atoms with van der Waals surface area (Å²) in [5.41, 5.74) is 2.37. The van der Waals surface area contributed by atoms with Crippen LogP contribution in [0.3, 0.4) is 0 Å². The van der Waals surface area contributed by atoms with Crippen molar-refractivity contribution in [1.29, 1.82) is 0 Å². The highest BCUT2D eigenvalue weighted by molar-refractivity contribution is 6.36. The number of carbonyl (C=O) groups is 2. The van der Waals surface area contributed by atoms with Gasteiger partial charge in [-0.1, -0.05) is 23.7 Å². The number of nitrogens with zero attached hydrogens (tertiary/aromatic N) is 5. The quantitative estimate of drug-likeness (QED) is 0.274. The summed E-state index contributed by atoms with van der Waals surface area (Å²) in [5.74, 6) is -1.27. The van der Waals surface area contributed by atoms with E-state index in [1.54, 1.807) is 45.2 Å². The lowest BCUT2D eigenvalue weighted by molar-refractivity contribution is -0.155. The number of hydrogen-bond donors (Lipinski definition) is 1. The van der Waals surface area contributed by atoms with Gasteiger partial charge in [-0.15, -0.1) is 0 Å². The smallest absolute Gasteiger partial charge is 0.346 e. The van der Waals surface area contributed by atoms with Crippen molar-refractivity contribution in [2.45, 2.75) is 32.7 Å². The Morgan fingerprint density at radius 2 is 1.88 bits per heavy atom. The average Bonchev–Trinajstić information content (AvgIpc) is 3.46. The first-order valence-electron chi connectivity index (χ1n) is 15.5. The molecule has 6 rings (SSSR count). The number of methoxy groups -OCH3 is 1. The molecule has 0 spiro atoms. The van der Waals surface area contributed by atoms with Gasteiger partial charge in [0.1, 0.15) is 5.82 Å². The zero-order valence-electron chi connectivity index (χ0n) is 27.1. The minimum Gasteiger partial charge on any atom is -0.481 e. The number of nitrogens with one attached hydrogen (secondary N) is 1. The minimum atomic E-state index is -0.847. The summed E-state index contributed by atoms with van der Waals surface area (Å²) >= 11 is 6.96. The fourth-order valence-corrected chi connectivity index (χ4v) is 6.83. The molecule has 2 aromatic heterocycles. The molecule has 1 saturated heterocycles. The van der Waals surface area contributed by atoms with Crippen LogP contribution >= 0.6 is 11.6 Å². The fraction of sp³-hybridized carbons (Fsp3) is 0.353. The van der Waals surface area contributed by atoms with Gasteiger partial charge in [-0.05, 0) is 67.6 Å². The fourth-order valence-electron chi connectivity index (χ4n) is 6.48. The Morgan fingerprint density at radius 1 is 1.12 bits per heavy atom. The van der Waals surface area contributed by atoms with E-state index in [2.05, 4.69) is 15.3 Å². The molecule has 1 aliphatic carbocycles. The van der Waals surface area contributed by atoms with E-state index in [4.69, 9.17) is 26.1 Å². The summed E-state index contributed by atoms with van der Waals surface area (Å²) in [5, 5.41) is 6.62. The van der Waals surface area contributed by atoms with E-state index in [0.29, 0.717) is 53.6 Å². The molecule has 1 fully saturated rings. The first kappa shape index (κ1) is 33.0. The number of benzene rings is 2.